The number of hydrogen-bond donors (Lipinski definition) is 1. The Bertz CT molecular complexity index is 624. The molecule has 2 amide bonds. The van der Waals surface area contributed by atoms with Crippen molar-refractivity contribution in [1.29, 1.82) is 0 Å². The zero-order chi connectivity index (χ0) is 17.9. The summed E-state index contributed by atoms with van der Waals surface area (Å²) >= 11 is 0. The van der Waals surface area contributed by atoms with Gasteiger partial charge in [-0.15, -0.1) is 0 Å². The number of rotatable bonds is 5. The van der Waals surface area contributed by atoms with E-state index in [4.69, 9.17) is 0 Å². The summed E-state index contributed by atoms with van der Waals surface area (Å²) in [4.78, 5) is 38.7. The predicted octanol–water partition coefficient (Wildman–Crippen LogP) is 1.99. The molecule has 6 nitrogen and oxygen atoms in total. The average Bonchev–Trinajstić information content (AvgIpc) is 3.03. The molecule has 1 aliphatic rings. The SMILES string of the molecule is CC(C)C(=O)N(C)Cc1ccc(C(=O)N2CCC[C@@H]2C(=O)O)cc1. The molecule has 1 aliphatic heterocycles. The van der Waals surface area contributed by atoms with Gasteiger partial charge in [0.15, 0.2) is 0 Å². The van der Waals surface area contributed by atoms with Crippen LogP contribution >= 0.6 is 0 Å². The van der Waals surface area contributed by atoms with Crippen molar-refractivity contribution in [3.8, 4) is 0 Å². The van der Waals surface area contributed by atoms with Crippen molar-refractivity contribution in [2.24, 2.45) is 5.92 Å². The highest BCUT2D eigenvalue weighted by atomic mass is 16.4. The molecule has 2 rings (SSSR count). The van der Waals surface area contributed by atoms with Crippen molar-refractivity contribution in [2.45, 2.75) is 39.3 Å². The number of aliphatic carboxylic acids is 1. The fourth-order valence-electron chi connectivity index (χ4n) is 2.98. The fourth-order valence-corrected chi connectivity index (χ4v) is 2.98. The van der Waals surface area contributed by atoms with Crippen molar-refractivity contribution in [3.05, 3.63) is 35.4 Å². The van der Waals surface area contributed by atoms with Crippen LogP contribution in [0.25, 0.3) is 0 Å². The Morgan fingerprint density at radius 2 is 1.88 bits per heavy atom. The van der Waals surface area contributed by atoms with Crippen LogP contribution in [0.5, 0.6) is 0 Å². The third kappa shape index (κ3) is 3.93. The largest absolute Gasteiger partial charge is 0.480 e. The van der Waals surface area contributed by atoms with Crippen molar-refractivity contribution >= 4 is 17.8 Å². The van der Waals surface area contributed by atoms with Gasteiger partial charge >= 0.3 is 5.97 Å². The number of likely N-dealkylation sites (tertiary alicyclic amines) is 1. The summed E-state index contributed by atoms with van der Waals surface area (Å²) in [5.41, 5.74) is 1.41. The van der Waals surface area contributed by atoms with Gasteiger partial charge < -0.3 is 14.9 Å². The molecule has 0 spiro atoms. The number of carboxylic acid groups (broad SMARTS) is 1. The summed E-state index contributed by atoms with van der Waals surface area (Å²) in [5.74, 6) is -1.19. The molecule has 1 fully saturated rings. The average molecular weight is 332 g/mol. The normalized spacial score (nSPS) is 17.2. The fraction of sp³-hybridized carbons (Fsp3) is 0.500. The van der Waals surface area contributed by atoms with Gasteiger partial charge in [-0.05, 0) is 30.5 Å². The van der Waals surface area contributed by atoms with Gasteiger partial charge in [0.05, 0.1) is 0 Å². The lowest BCUT2D eigenvalue weighted by Gasteiger charge is -2.22. The molecule has 1 atom stereocenters. The summed E-state index contributed by atoms with van der Waals surface area (Å²) in [6, 6.07) is 6.28. The van der Waals surface area contributed by atoms with Gasteiger partial charge in [0.25, 0.3) is 5.91 Å². The van der Waals surface area contributed by atoms with Crippen LogP contribution in [0.1, 0.15) is 42.6 Å². The van der Waals surface area contributed by atoms with Crippen molar-refractivity contribution in [2.75, 3.05) is 13.6 Å². The molecule has 6 heteroatoms. The second-order valence-electron chi connectivity index (χ2n) is 6.54. The summed E-state index contributed by atoms with van der Waals surface area (Å²) in [6.45, 7) is 4.67. The topological polar surface area (TPSA) is 77.9 Å². The predicted molar refractivity (Wildman–Crippen MR) is 89.4 cm³/mol. The first-order chi connectivity index (χ1) is 11.3. The minimum absolute atomic E-state index is 0.0565. The Morgan fingerprint density at radius 3 is 2.42 bits per heavy atom. The molecule has 0 bridgehead atoms. The molecular weight excluding hydrogens is 308 g/mol. The molecule has 0 aliphatic carbocycles. The van der Waals surface area contributed by atoms with Gasteiger partial charge in [-0.2, -0.15) is 0 Å². The first kappa shape index (κ1) is 18.0. The third-order valence-corrected chi connectivity index (χ3v) is 4.29. The highest BCUT2D eigenvalue weighted by Gasteiger charge is 2.34. The number of hydrogen-bond acceptors (Lipinski definition) is 3. The van der Waals surface area contributed by atoms with E-state index in [1.54, 1.807) is 24.1 Å². The van der Waals surface area contributed by atoms with E-state index in [-0.39, 0.29) is 17.7 Å². The molecule has 1 aromatic rings. The lowest BCUT2D eigenvalue weighted by Crippen LogP contribution is -2.40. The van der Waals surface area contributed by atoms with E-state index >= 15 is 0 Å². The highest BCUT2D eigenvalue weighted by Crippen LogP contribution is 2.20. The van der Waals surface area contributed by atoms with Gasteiger partial charge in [0, 0.05) is 31.6 Å². The Kier molecular flexibility index (Phi) is 5.59. The molecule has 0 saturated carbocycles. The zero-order valence-electron chi connectivity index (χ0n) is 14.4. The second-order valence-corrected chi connectivity index (χ2v) is 6.54. The van der Waals surface area contributed by atoms with E-state index in [9.17, 15) is 19.5 Å². The Hall–Kier alpha value is -2.37. The second kappa shape index (κ2) is 7.47. The van der Waals surface area contributed by atoms with Crippen LogP contribution in [0.4, 0.5) is 0 Å². The number of carboxylic acids is 1. The first-order valence-corrected chi connectivity index (χ1v) is 8.19. The van der Waals surface area contributed by atoms with E-state index in [1.165, 1.54) is 4.90 Å². The number of carbonyl (C=O) groups is 3. The quantitative estimate of drug-likeness (QED) is 0.894. The maximum absolute atomic E-state index is 12.5. The molecule has 1 aromatic carbocycles. The number of nitrogens with zero attached hydrogens (tertiary/aromatic N) is 2. The monoisotopic (exact) mass is 332 g/mol. The maximum Gasteiger partial charge on any atom is 0.326 e. The summed E-state index contributed by atoms with van der Waals surface area (Å²) in [5, 5.41) is 9.19. The smallest absolute Gasteiger partial charge is 0.326 e. The zero-order valence-corrected chi connectivity index (χ0v) is 14.4. The standard InChI is InChI=1S/C18H24N2O4/c1-12(2)16(21)19(3)11-13-6-8-14(9-7-13)17(22)20-10-4-5-15(20)18(23)24/h6-9,12,15H,4-5,10-11H2,1-3H3,(H,23,24)/t15-/m1/s1. The summed E-state index contributed by atoms with van der Waals surface area (Å²) in [7, 11) is 1.75. The van der Waals surface area contributed by atoms with Crippen molar-refractivity contribution < 1.29 is 19.5 Å². The number of carbonyl (C=O) groups excluding carboxylic acids is 2. The van der Waals surface area contributed by atoms with E-state index in [2.05, 4.69) is 0 Å². The van der Waals surface area contributed by atoms with E-state index in [0.29, 0.717) is 31.5 Å². The molecular formula is C18H24N2O4. The lowest BCUT2D eigenvalue weighted by molar-refractivity contribution is -0.141. The lowest BCUT2D eigenvalue weighted by atomic mass is 10.1. The van der Waals surface area contributed by atoms with Crippen LogP contribution in [0.2, 0.25) is 0 Å². The van der Waals surface area contributed by atoms with Crippen molar-refractivity contribution in [3.63, 3.8) is 0 Å². The summed E-state index contributed by atoms with van der Waals surface area (Å²) < 4.78 is 0. The van der Waals surface area contributed by atoms with Crippen LogP contribution in [-0.2, 0) is 16.1 Å². The molecule has 1 heterocycles. The van der Waals surface area contributed by atoms with E-state index in [1.807, 2.05) is 26.0 Å². The third-order valence-electron chi connectivity index (χ3n) is 4.29. The summed E-state index contributed by atoms with van der Waals surface area (Å²) in [6.07, 6.45) is 1.21. The van der Waals surface area contributed by atoms with Crippen molar-refractivity contribution in [1.82, 2.24) is 9.80 Å². The maximum atomic E-state index is 12.5. The minimum Gasteiger partial charge on any atom is -0.480 e. The molecule has 24 heavy (non-hydrogen) atoms. The first-order valence-electron chi connectivity index (χ1n) is 8.19. The molecule has 0 aromatic heterocycles. The highest BCUT2D eigenvalue weighted by molar-refractivity contribution is 5.97. The van der Waals surface area contributed by atoms with Gasteiger partial charge in [-0.1, -0.05) is 26.0 Å². The van der Waals surface area contributed by atoms with Gasteiger partial charge in [0.2, 0.25) is 5.91 Å². The molecule has 1 saturated heterocycles. The molecule has 0 unspecified atom stereocenters. The van der Waals surface area contributed by atoms with Gasteiger partial charge in [-0.3, -0.25) is 9.59 Å². The minimum atomic E-state index is -0.953. The van der Waals surface area contributed by atoms with Crippen LogP contribution in [-0.4, -0.2) is 52.3 Å². The molecule has 0 radical (unpaired) electrons. The molecule has 130 valence electrons. The Balaban J connectivity index is 2.05. The van der Waals surface area contributed by atoms with Crippen LogP contribution in [0.15, 0.2) is 24.3 Å². The van der Waals surface area contributed by atoms with Crippen LogP contribution in [0.3, 0.4) is 0 Å². The molecule has 1 N–H and O–H groups in total. The van der Waals surface area contributed by atoms with Crippen LogP contribution in [0, 0.1) is 5.92 Å². The Morgan fingerprint density at radius 1 is 1.25 bits per heavy atom. The van der Waals surface area contributed by atoms with Gasteiger partial charge in [0.1, 0.15) is 6.04 Å². The van der Waals surface area contributed by atoms with Crippen LogP contribution < -0.4 is 0 Å². The van der Waals surface area contributed by atoms with E-state index in [0.717, 1.165) is 5.56 Å². The number of benzene rings is 1. The van der Waals surface area contributed by atoms with Gasteiger partial charge in [-0.25, -0.2) is 4.79 Å². The van der Waals surface area contributed by atoms with E-state index < -0.39 is 12.0 Å². The Labute approximate surface area is 142 Å². The number of amides is 2.